The molecule has 5 rings (SSSR count). The highest BCUT2D eigenvalue weighted by Gasteiger charge is 2.37. The highest BCUT2D eigenvalue weighted by atomic mass is 32.2. The van der Waals surface area contributed by atoms with E-state index in [-0.39, 0.29) is 23.5 Å². The summed E-state index contributed by atoms with van der Waals surface area (Å²) in [6, 6.07) is 8.41. The van der Waals surface area contributed by atoms with Crippen LogP contribution in [0.4, 0.5) is 30.5 Å². The SMILES string of the molecule is CC1(C)CN(CCS(N)(=O)=O)Cc2cc(Nc3ncnc4c3CCN(c3ncccc3C(F)(F)F)C4)ccc21. The zero-order valence-corrected chi connectivity index (χ0v) is 22.5. The average Bonchev–Trinajstić information content (AvgIpc) is 2.86. The fourth-order valence-corrected chi connectivity index (χ4v) is 5.98. The molecule has 2 aliphatic heterocycles. The third kappa shape index (κ3) is 5.99. The number of fused-ring (bicyclic) bond motifs is 2. The molecule has 0 atom stereocenters. The van der Waals surface area contributed by atoms with Crippen molar-refractivity contribution in [1.82, 2.24) is 19.9 Å². The van der Waals surface area contributed by atoms with Crippen LogP contribution in [0.1, 0.15) is 41.8 Å². The molecule has 13 heteroatoms. The van der Waals surface area contributed by atoms with Gasteiger partial charge in [-0.2, -0.15) is 13.2 Å². The second kappa shape index (κ2) is 10.0. The van der Waals surface area contributed by atoms with Crippen molar-refractivity contribution >= 4 is 27.3 Å². The molecule has 0 unspecified atom stereocenters. The van der Waals surface area contributed by atoms with E-state index in [9.17, 15) is 21.6 Å². The van der Waals surface area contributed by atoms with Gasteiger partial charge in [-0.25, -0.2) is 28.5 Å². The molecule has 0 radical (unpaired) electrons. The molecule has 0 aliphatic carbocycles. The number of nitrogens with one attached hydrogen (secondary N) is 1. The van der Waals surface area contributed by atoms with E-state index < -0.39 is 21.8 Å². The first-order valence-electron chi connectivity index (χ1n) is 12.5. The summed E-state index contributed by atoms with van der Waals surface area (Å²) in [5, 5.41) is 8.59. The molecule has 1 aromatic carbocycles. The zero-order valence-electron chi connectivity index (χ0n) is 21.7. The average molecular weight is 562 g/mol. The zero-order chi connectivity index (χ0) is 28.0. The number of alkyl halides is 3. The molecule has 9 nitrogen and oxygen atoms in total. The molecule has 0 fully saturated rings. The van der Waals surface area contributed by atoms with Crippen molar-refractivity contribution in [2.24, 2.45) is 5.14 Å². The Bertz CT molecular complexity index is 1500. The lowest BCUT2D eigenvalue weighted by atomic mass is 9.78. The number of rotatable bonds is 6. The molecule has 3 N–H and O–H groups in total. The van der Waals surface area contributed by atoms with Gasteiger partial charge in [-0.15, -0.1) is 0 Å². The number of benzene rings is 1. The van der Waals surface area contributed by atoms with E-state index in [0.717, 1.165) is 22.9 Å². The first kappa shape index (κ1) is 27.3. The molecule has 3 aromatic rings. The summed E-state index contributed by atoms with van der Waals surface area (Å²) in [4.78, 5) is 16.5. The number of halogens is 3. The Labute approximate surface area is 225 Å². The van der Waals surface area contributed by atoms with Crippen LogP contribution >= 0.6 is 0 Å². The minimum absolute atomic E-state index is 0.104. The van der Waals surface area contributed by atoms with Gasteiger partial charge in [0.05, 0.1) is 23.6 Å². The summed E-state index contributed by atoms with van der Waals surface area (Å²) < 4.78 is 63.6. The van der Waals surface area contributed by atoms with Crippen LogP contribution in [-0.4, -0.2) is 53.7 Å². The van der Waals surface area contributed by atoms with E-state index >= 15 is 0 Å². The number of hydrogen-bond donors (Lipinski definition) is 2. The minimum atomic E-state index is -4.50. The van der Waals surface area contributed by atoms with Crippen LogP contribution in [0.15, 0.2) is 42.9 Å². The number of aromatic nitrogens is 3. The number of hydrogen-bond acceptors (Lipinski definition) is 8. The molecule has 39 heavy (non-hydrogen) atoms. The van der Waals surface area contributed by atoms with Crippen molar-refractivity contribution in [2.45, 2.75) is 44.9 Å². The van der Waals surface area contributed by atoms with Crippen molar-refractivity contribution in [3.8, 4) is 0 Å². The number of nitrogens with zero attached hydrogens (tertiary/aromatic N) is 5. The quantitative estimate of drug-likeness (QED) is 0.469. The molecule has 0 saturated heterocycles. The van der Waals surface area contributed by atoms with E-state index in [0.29, 0.717) is 44.1 Å². The monoisotopic (exact) mass is 561 g/mol. The van der Waals surface area contributed by atoms with E-state index in [2.05, 4.69) is 45.1 Å². The standard InChI is InChI=1S/C26H30F3N7O2S/c1-25(2)15-35(10-11-39(30,37)38)13-17-12-18(5-6-20(17)25)34-23-19-7-9-36(14-22(19)32-16-33-23)24-21(26(27,28)29)4-3-8-31-24/h3-6,8,12,16H,7,9-11,13-15H2,1-2H3,(H2,30,37,38)(H,32,33,34). The lowest BCUT2D eigenvalue weighted by Gasteiger charge is -2.40. The van der Waals surface area contributed by atoms with Crippen LogP contribution in [0.2, 0.25) is 0 Å². The van der Waals surface area contributed by atoms with Crippen LogP contribution in [-0.2, 0) is 41.1 Å². The predicted octanol–water partition coefficient (Wildman–Crippen LogP) is 3.58. The molecular weight excluding hydrogens is 531 g/mol. The Balaban J connectivity index is 1.37. The lowest BCUT2D eigenvalue weighted by molar-refractivity contribution is -0.137. The van der Waals surface area contributed by atoms with E-state index in [1.54, 1.807) is 4.90 Å². The highest BCUT2D eigenvalue weighted by Crippen LogP contribution is 2.38. The molecular formula is C26H30F3N7O2S. The smallest absolute Gasteiger partial charge is 0.350 e. The summed E-state index contributed by atoms with van der Waals surface area (Å²) in [5.74, 6) is 0.398. The Morgan fingerprint density at radius 2 is 1.92 bits per heavy atom. The van der Waals surface area contributed by atoms with Gasteiger partial charge in [0.1, 0.15) is 18.0 Å². The summed E-state index contributed by atoms with van der Waals surface area (Å²) >= 11 is 0. The Morgan fingerprint density at radius 1 is 1.13 bits per heavy atom. The van der Waals surface area contributed by atoms with Crippen molar-refractivity contribution in [3.05, 3.63) is 70.8 Å². The first-order chi connectivity index (χ1) is 18.3. The van der Waals surface area contributed by atoms with Crippen molar-refractivity contribution < 1.29 is 21.6 Å². The van der Waals surface area contributed by atoms with Gasteiger partial charge < -0.3 is 10.2 Å². The van der Waals surface area contributed by atoms with Crippen LogP contribution in [0.5, 0.6) is 0 Å². The van der Waals surface area contributed by atoms with Crippen molar-refractivity contribution in [3.63, 3.8) is 0 Å². The van der Waals surface area contributed by atoms with Crippen molar-refractivity contribution in [2.75, 3.05) is 35.6 Å². The third-order valence-electron chi connectivity index (χ3n) is 7.20. The predicted molar refractivity (Wildman–Crippen MR) is 142 cm³/mol. The first-order valence-corrected chi connectivity index (χ1v) is 14.2. The largest absolute Gasteiger partial charge is 0.419 e. The number of pyridine rings is 1. The normalized spacial score (nSPS) is 17.4. The summed E-state index contributed by atoms with van der Waals surface area (Å²) in [5.41, 5.74) is 3.63. The van der Waals surface area contributed by atoms with Gasteiger partial charge in [0, 0.05) is 49.0 Å². The van der Waals surface area contributed by atoms with Gasteiger partial charge in [0.2, 0.25) is 10.0 Å². The summed E-state index contributed by atoms with van der Waals surface area (Å²) in [6.07, 6.45) is -1.28. The number of nitrogens with two attached hydrogens (primary N) is 1. The molecule has 0 amide bonds. The van der Waals surface area contributed by atoms with E-state index in [1.165, 1.54) is 24.2 Å². The van der Waals surface area contributed by atoms with Crippen LogP contribution in [0.3, 0.4) is 0 Å². The topological polar surface area (TPSA) is 117 Å². The molecule has 2 aliphatic rings. The van der Waals surface area contributed by atoms with E-state index in [4.69, 9.17) is 5.14 Å². The maximum atomic E-state index is 13.6. The fourth-order valence-electron chi connectivity index (χ4n) is 5.47. The number of sulfonamides is 1. The molecule has 0 bridgehead atoms. The lowest BCUT2D eigenvalue weighted by Crippen LogP contribution is -2.44. The van der Waals surface area contributed by atoms with Crippen LogP contribution in [0, 0.1) is 0 Å². The molecule has 4 heterocycles. The van der Waals surface area contributed by atoms with Gasteiger partial charge >= 0.3 is 6.18 Å². The minimum Gasteiger partial charge on any atom is -0.350 e. The Morgan fingerprint density at radius 3 is 2.67 bits per heavy atom. The van der Waals surface area contributed by atoms with Gasteiger partial charge in [-0.05, 0) is 41.8 Å². The van der Waals surface area contributed by atoms with Gasteiger partial charge in [-0.3, -0.25) is 4.90 Å². The molecule has 0 saturated carbocycles. The van der Waals surface area contributed by atoms with Crippen molar-refractivity contribution in [1.29, 1.82) is 0 Å². The summed E-state index contributed by atoms with van der Waals surface area (Å²) in [7, 11) is -3.56. The van der Waals surface area contributed by atoms with Gasteiger partial charge in [-0.1, -0.05) is 19.9 Å². The Hall–Kier alpha value is -3.29. The van der Waals surface area contributed by atoms with E-state index in [1.807, 2.05) is 12.1 Å². The maximum absolute atomic E-state index is 13.6. The number of anilines is 3. The number of primary sulfonamides is 1. The summed E-state index contributed by atoms with van der Waals surface area (Å²) in [6.45, 7) is 6.43. The third-order valence-corrected chi connectivity index (χ3v) is 7.95. The second-order valence-electron chi connectivity index (χ2n) is 10.6. The fraction of sp³-hybridized carbons (Fsp3) is 0.423. The van der Waals surface area contributed by atoms with Gasteiger partial charge in [0.25, 0.3) is 0 Å². The van der Waals surface area contributed by atoms with Crippen LogP contribution in [0.25, 0.3) is 0 Å². The second-order valence-corrected chi connectivity index (χ2v) is 12.4. The Kier molecular flexibility index (Phi) is 7.02. The maximum Gasteiger partial charge on any atom is 0.419 e. The van der Waals surface area contributed by atoms with Crippen LogP contribution < -0.4 is 15.4 Å². The van der Waals surface area contributed by atoms with Gasteiger partial charge in [0.15, 0.2) is 0 Å². The molecule has 208 valence electrons. The highest BCUT2D eigenvalue weighted by molar-refractivity contribution is 7.89. The molecule has 2 aromatic heterocycles. The molecule has 0 spiro atoms.